The van der Waals surface area contributed by atoms with Crippen molar-refractivity contribution in [2.45, 2.75) is 70.9 Å². The number of piperidine rings is 1. The van der Waals surface area contributed by atoms with Crippen LogP contribution in [0, 0.1) is 5.41 Å². The van der Waals surface area contributed by atoms with E-state index in [1.54, 1.807) is 0 Å². The topological polar surface area (TPSA) is 30.9 Å². The molecule has 146 valence electrons. The second-order valence-corrected chi connectivity index (χ2v) is 9.81. The molecule has 1 aromatic carbocycles. The van der Waals surface area contributed by atoms with Gasteiger partial charge in [0.1, 0.15) is 0 Å². The van der Waals surface area contributed by atoms with Crippen LogP contribution in [-0.4, -0.2) is 48.6 Å². The summed E-state index contributed by atoms with van der Waals surface area (Å²) in [4.78, 5) is 2.45. The zero-order valence-corrected chi connectivity index (χ0v) is 17.3. The van der Waals surface area contributed by atoms with Crippen molar-refractivity contribution >= 4 is 0 Å². The molecule has 0 aromatic heterocycles. The molecule has 0 radical (unpaired) electrons. The van der Waals surface area contributed by atoms with Crippen LogP contribution in [0.2, 0.25) is 0 Å². The predicted molar refractivity (Wildman–Crippen MR) is 104 cm³/mol. The molecule has 0 saturated carbocycles. The van der Waals surface area contributed by atoms with Crippen LogP contribution in [0.25, 0.3) is 0 Å². The lowest BCUT2D eigenvalue weighted by Crippen LogP contribution is -2.67. The molecule has 4 nitrogen and oxygen atoms in total. The average molecular weight is 362 g/mol. The minimum atomic E-state index is -0.474. The number of benzene rings is 1. The van der Waals surface area contributed by atoms with Gasteiger partial charge < -0.3 is 14.2 Å². The first-order valence-corrected chi connectivity index (χ1v) is 9.70. The van der Waals surface area contributed by atoms with E-state index in [1.165, 1.54) is 5.56 Å². The van der Waals surface area contributed by atoms with Gasteiger partial charge in [-0.3, -0.25) is 4.90 Å². The van der Waals surface area contributed by atoms with Crippen LogP contribution >= 0.6 is 0 Å². The number of hydrogen-bond acceptors (Lipinski definition) is 4. The zero-order chi connectivity index (χ0) is 19.1. The van der Waals surface area contributed by atoms with Gasteiger partial charge in [0.15, 0.2) is 5.79 Å². The quantitative estimate of drug-likeness (QED) is 0.803. The molecule has 26 heavy (non-hydrogen) atoms. The normalized spacial score (nSPS) is 26.7. The molecule has 2 saturated heterocycles. The molecule has 0 unspecified atom stereocenters. The summed E-state index contributed by atoms with van der Waals surface area (Å²) < 4.78 is 18.8. The molecular weight excluding hydrogens is 326 g/mol. The summed E-state index contributed by atoms with van der Waals surface area (Å²) in [6.07, 6.45) is 1.78. The number of hydrogen-bond donors (Lipinski definition) is 0. The number of rotatable bonds is 4. The van der Waals surface area contributed by atoms with Gasteiger partial charge in [-0.2, -0.15) is 0 Å². The molecule has 0 aliphatic carbocycles. The summed E-state index contributed by atoms with van der Waals surface area (Å²) >= 11 is 0. The van der Waals surface area contributed by atoms with Crippen LogP contribution in [-0.2, 0) is 20.8 Å². The highest BCUT2D eigenvalue weighted by atomic mass is 16.7. The van der Waals surface area contributed by atoms with E-state index in [9.17, 15) is 0 Å². The smallest absolute Gasteiger partial charge is 0.171 e. The van der Waals surface area contributed by atoms with Crippen molar-refractivity contribution in [2.24, 2.45) is 5.41 Å². The molecule has 2 aliphatic heterocycles. The molecule has 4 heteroatoms. The number of nitrogens with zero attached hydrogens (tertiary/aromatic N) is 1. The van der Waals surface area contributed by atoms with E-state index in [1.807, 2.05) is 18.2 Å². The molecule has 2 fully saturated rings. The summed E-state index contributed by atoms with van der Waals surface area (Å²) in [6, 6.07) is 10.3. The van der Waals surface area contributed by atoms with Crippen molar-refractivity contribution < 1.29 is 14.2 Å². The fourth-order valence-electron chi connectivity index (χ4n) is 4.41. The van der Waals surface area contributed by atoms with Crippen LogP contribution in [0.4, 0.5) is 0 Å². The Morgan fingerprint density at radius 3 is 2.00 bits per heavy atom. The van der Waals surface area contributed by atoms with E-state index in [0.29, 0.717) is 26.4 Å². The predicted octanol–water partition coefficient (Wildman–Crippen LogP) is 4.24. The van der Waals surface area contributed by atoms with E-state index in [0.717, 1.165) is 12.8 Å². The fourth-order valence-corrected chi connectivity index (χ4v) is 4.41. The third-order valence-corrected chi connectivity index (χ3v) is 6.15. The Labute approximate surface area is 158 Å². The summed E-state index contributed by atoms with van der Waals surface area (Å²) in [6.45, 7) is 13.9. The highest BCUT2D eigenvalue weighted by molar-refractivity contribution is 5.13. The van der Waals surface area contributed by atoms with E-state index in [-0.39, 0.29) is 16.5 Å². The summed E-state index contributed by atoms with van der Waals surface area (Å²) in [5.74, 6) is -0.474. The van der Waals surface area contributed by atoms with Gasteiger partial charge in [-0.1, -0.05) is 37.3 Å². The number of likely N-dealkylation sites (tertiary alicyclic amines) is 1. The van der Waals surface area contributed by atoms with Gasteiger partial charge in [-0.25, -0.2) is 0 Å². The van der Waals surface area contributed by atoms with Crippen LogP contribution in [0.3, 0.4) is 0 Å². The minimum Gasteiger partial charge on any atom is -0.376 e. The molecule has 2 heterocycles. The van der Waals surface area contributed by atoms with Crippen molar-refractivity contribution in [1.82, 2.24) is 4.90 Å². The van der Waals surface area contributed by atoms with E-state index >= 15 is 0 Å². The summed E-state index contributed by atoms with van der Waals surface area (Å²) in [5.41, 5.74) is 1.18. The lowest BCUT2D eigenvalue weighted by atomic mass is 9.75. The van der Waals surface area contributed by atoms with Crippen LogP contribution < -0.4 is 0 Å². The fraction of sp³-hybridized carbons (Fsp3) is 0.727. The Morgan fingerprint density at radius 2 is 1.46 bits per heavy atom. The first-order chi connectivity index (χ1) is 12.1. The summed E-state index contributed by atoms with van der Waals surface area (Å²) in [5, 5.41) is 0. The molecule has 0 N–H and O–H groups in total. The Bertz CT molecular complexity index is 583. The van der Waals surface area contributed by atoms with Gasteiger partial charge in [-0.05, 0) is 40.3 Å². The highest BCUT2D eigenvalue weighted by Crippen LogP contribution is 2.47. The third-order valence-electron chi connectivity index (χ3n) is 6.15. The standard InChI is InChI=1S/C22H35NO3/c1-19(2)13-22(14-20(3,4)23(19)6)25-16-21(5,17-26-22)15-24-12-18-10-8-7-9-11-18/h7-11H,12-17H2,1-6H3. The van der Waals surface area contributed by atoms with E-state index in [4.69, 9.17) is 14.2 Å². The van der Waals surface area contributed by atoms with Crippen LogP contribution in [0.1, 0.15) is 53.0 Å². The van der Waals surface area contributed by atoms with E-state index < -0.39 is 5.79 Å². The maximum Gasteiger partial charge on any atom is 0.171 e. The van der Waals surface area contributed by atoms with Gasteiger partial charge in [0.05, 0.1) is 26.4 Å². The van der Waals surface area contributed by atoms with Crippen molar-refractivity contribution in [3.05, 3.63) is 35.9 Å². The molecule has 0 amide bonds. The Hall–Kier alpha value is -0.940. The first kappa shape index (κ1) is 19.8. The van der Waals surface area contributed by atoms with Gasteiger partial charge in [0.25, 0.3) is 0 Å². The molecular formula is C22H35NO3. The van der Waals surface area contributed by atoms with Crippen LogP contribution in [0.15, 0.2) is 30.3 Å². The Morgan fingerprint density at radius 1 is 0.923 bits per heavy atom. The van der Waals surface area contributed by atoms with Crippen molar-refractivity contribution in [2.75, 3.05) is 26.9 Å². The SMILES string of the molecule is CN1C(C)(C)CC2(CC1(C)C)OCC(C)(COCc1ccccc1)CO2. The maximum absolute atomic E-state index is 6.42. The average Bonchev–Trinajstić information content (AvgIpc) is 2.57. The van der Waals surface area contributed by atoms with Gasteiger partial charge >= 0.3 is 0 Å². The highest BCUT2D eigenvalue weighted by Gasteiger charge is 2.55. The monoisotopic (exact) mass is 361 g/mol. The molecule has 0 bridgehead atoms. The summed E-state index contributed by atoms with van der Waals surface area (Å²) in [7, 11) is 2.21. The Balaban J connectivity index is 1.57. The van der Waals surface area contributed by atoms with Crippen LogP contribution in [0.5, 0.6) is 0 Å². The Kier molecular flexibility index (Phi) is 5.26. The minimum absolute atomic E-state index is 0.0410. The van der Waals surface area contributed by atoms with Gasteiger partial charge in [0.2, 0.25) is 0 Å². The van der Waals surface area contributed by atoms with Crippen molar-refractivity contribution in [3.8, 4) is 0 Å². The molecule has 2 aliphatic rings. The molecule has 3 rings (SSSR count). The second-order valence-electron chi connectivity index (χ2n) is 9.81. The second kappa shape index (κ2) is 6.90. The third kappa shape index (κ3) is 4.14. The maximum atomic E-state index is 6.42. The molecule has 1 aromatic rings. The van der Waals surface area contributed by atoms with E-state index in [2.05, 4.69) is 58.7 Å². The molecule has 1 spiro atoms. The van der Waals surface area contributed by atoms with Crippen molar-refractivity contribution in [1.29, 1.82) is 0 Å². The van der Waals surface area contributed by atoms with Gasteiger partial charge in [-0.15, -0.1) is 0 Å². The zero-order valence-electron chi connectivity index (χ0n) is 17.3. The first-order valence-electron chi connectivity index (χ1n) is 9.70. The largest absolute Gasteiger partial charge is 0.376 e. The lowest BCUT2D eigenvalue weighted by molar-refractivity contribution is -0.342. The van der Waals surface area contributed by atoms with Gasteiger partial charge in [0, 0.05) is 29.3 Å². The molecule has 0 atom stereocenters. The van der Waals surface area contributed by atoms with Crippen molar-refractivity contribution in [3.63, 3.8) is 0 Å². The number of ether oxygens (including phenoxy) is 3. The lowest BCUT2D eigenvalue weighted by Gasteiger charge is -2.59.